The molecular formula is C33H39N5O3S. The number of rotatable bonds is 10. The first-order valence-electron chi connectivity index (χ1n) is 14.5. The quantitative estimate of drug-likeness (QED) is 0.238. The number of aromatic nitrogens is 2. The molecule has 0 unspecified atom stereocenters. The van der Waals surface area contributed by atoms with E-state index in [1.807, 2.05) is 62.0 Å². The lowest BCUT2D eigenvalue weighted by molar-refractivity contribution is -0.137. The van der Waals surface area contributed by atoms with Gasteiger partial charge in [-0.3, -0.25) is 19.3 Å². The first kappa shape index (κ1) is 29.7. The number of fused-ring (bicyclic) bond motifs is 2. The van der Waals surface area contributed by atoms with Gasteiger partial charge in [0.15, 0.2) is 0 Å². The lowest BCUT2D eigenvalue weighted by Gasteiger charge is -2.27. The summed E-state index contributed by atoms with van der Waals surface area (Å²) in [5.74, 6) is -0.371. The zero-order valence-electron chi connectivity index (χ0n) is 25.1. The van der Waals surface area contributed by atoms with Gasteiger partial charge in [0.05, 0.1) is 22.6 Å². The highest BCUT2D eigenvalue weighted by molar-refractivity contribution is 7.09. The second-order valence-electron chi connectivity index (χ2n) is 11.5. The molecule has 0 radical (unpaired) electrons. The Morgan fingerprint density at radius 3 is 2.50 bits per heavy atom. The summed E-state index contributed by atoms with van der Waals surface area (Å²) in [6, 6.07) is 15.8. The summed E-state index contributed by atoms with van der Waals surface area (Å²) in [5, 5.41) is 1.70. The normalized spacial score (nSPS) is 15.0. The van der Waals surface area contributed by atoms with Crippen LogP contribution in [0.2, 0.25) is 0 Å². The third kappa shape index (κ3) is 5.76. The van der Waals surface area contributed by atoms with Gasteiger partial charge in [0, 0.05) is 49.7 Å². The molecule has 2 amide bonds. The van der Waals surface area contributed by atoms with Crippen LogP contribution in [0.15, 0.2) is 65.0 Å². The first-order valence-corrected chi connectivity index (χ1v) is 15.4. The number of benzene rings is 2. The fraction of sp³-hybridized carbons (Fsp3) is 0.394. The summed E-state index contributed by atoms with van der Waals surface area (Å²) in [6.45, 7) is 10.8. The van der Waals surface area contributed by atoms with Gasteiger partial charge in [0.2, 0.25) is 11.8 Å². The Bertz CT molecular complexity index is 1670. The van der Waals surface area contributed by atoms with Gasteiger partial charge < -0.3 is 14.4 Å². The molecular weight excluding hydrogens is 546 g/mol. The monoisotopic (exact) mass is 585 g/mol. The summed E-state index contributed by atoms with van der Waals surface area (Å²) in [6.07, 6.45) is 3.62. The predicted molar refractivity (Wildman–Crippen MR) is 170 cm³/mol. The van der Waals surface area contributed by atoms with Gasteiger partial charge in [0.25, 0.3) is 5.56 Å². The van der Waals surface area contributed by atoms with Crippen molar-refractivity contribution in [1.82, 2.24) is 14.5 Å². The number of anilines is 2. The molecule has 0 aliphatic carbocycles. The van der Waals surface area contributed by atoms with Crippen molar-refractivity contribution in [2.75, 3.05) is 36.5 Å². The highest BCUT2D eigenvalue weighted by Crippen LogP contribution is 2.39. The third-order valence-corrected chi connectivity index (χ3v) is 9.24. The molecule has 0 fully saturated rings. The van der Waals surface area contributed by atoms with E-state index in [1.165, 1.54) is 4.88 Å². The molecule has 0 spiro atoms. The van der Waals surface area contributed by atoms with Gasteiger partial charge in [-0.05, 0) is 82.3 Å². The highest BCUT2D eigenvalue weighted by Gasteiger charge is 2.45. The van der Waals surface area contributed by atoms with Gasteiger partial charge in [-0.15, -0.1) is 11.3 Å². The number of hydrogen-bond acceptors (Lipinski definition) is 6. The number of amides is 2. The summed E-state index contributed by atoms with van der Waals surface area (Å²) < 4.78 is 1.80. The van der Waals surface area contributed by atoms with Gasteiger partial charge in [-0.25, -0.2) is 4.98 Å². The Hall–Kier alpha value is -3.82. The van der Waals surface area contributed by atoms with E-state index in [-0.39, 0.29) is 17.4 Å². The van der Waals surface area contributed by atoms with Crippen LogP contribution in [0, 0.1) is 12.3 Å². The molecule has 1 aliphatic rings. The Balaban J connectivity index is 1.31. The van der Waals surface area contributed by atoms with E-state index in [0.717, 1.165) is 65.9 Å². The number of aryl methyl sites for hydroxylation is 2. The molecule has 0 saturated heterocycles. The van der Waals surface area contributed by atoms with Crippen molar-refractivity contribution >= 4 is 45.3 Å². The Kier molecular flexibility index (Phi) is 8.61. The van der Waals surface area contributed by atoms with Crippen LogP contribution in [0.1, 0.15) is 43.3 Å². The molecule has 2 aromatic heterocycles. The largest absolute Gasteiger partial charge is 0.314 e. The summed E-state index contributed by atoms with van der Waals surface area (Å²) in [4.78, 5) is 50.9. The van der Waals surface area contributed by atoms with Gasteiger partial charge in [-0.2, -0.15) is 0 Å². The minimum absolute atomic E-state index is 0.0356. The number of carbonyl (C=O) groups excluding carboxylic acids is 2. The second-order valence-corrected chi connectivity index (χ2v) is 12.4. The molecule has 0 saturated carbocycles. The molecule has 0 atom stereocenters. The number of carbonyl (C=O) groups is 2. The van der Waals surface area contributed by atoms with E-state index in [2.05, 4.69) is 22.0 Å². The van der Waals surface area contributed by atoms with E-state index < -0.39 is 5.41 Å². The van der Waals surface area contributed by atoms with Crippen molar-refractivity contribution < 1.29 is 9.59 Å². The predicted octanol–water partition coefficient (Wildman–Crippen LogP) is 5.26. The Morgan fingerprint density at radius 1 is 0.976 bits per heavy atom. The SMILES string of the molecule is CCN1C(=O)C(C)(C)C(=O)N(C)c2cc(CCCN(CCn3ccc4ccccc4c3=O)Cc3scnc3C)ccc21. The van der Waals surface area contributed by atoms with Crippen LogP contribution in [0.4, 0.5) is 11.4 Å². The second kappa shape index (κ2) is 12.2. The van der Waals surface area contributed by atoms with Gasteiger partial charge in [-0.1, -0.05) is 24.3 Å². The number of pyridine rings is 1. The van der Waals surface area contributed by atoms with E-state index in [4.69, 9.17) is 0 Å². The average Bonchev–Trinajstić information content (AvgIpc) is 3.38. The first-order chi connectivity index (χ1) is 20.1. The van der Waals surface area contributed by atoms with Crippen molar-refractivity contribution in [3.63, 3.8) is 0 Å². The van der Waals surface area contributed by atoms with E-state index in [9.17, 15) is 14.4 Å². The number of hydrogen-bond donors (Lipinski definition) is 0. The van der Waals surface area contributed by atoms with Crippen molar-refractivity contribution in [2.24, 2.45) is 5.41 Å². The minimum Gasteiger partial charge on any atom is -0.314 e. The molecule has 2 aromatic carbocycles. The average molecular weight is 586 g/mol. The van der Waals surface area contributed by atoms with E-state index in [0.29, 0.717) is 13.1 Å². The van der Waals surface area contributed by atoms with Crippen LogP contribution in [0.3, 0.4) is 0 Å². The molecule has 1 aliphatic heterocycles. The minimum atomic E-state index is -1.12. The van der Waals surface area contributed by atoms with Crippen LogP contribution >= 0.6 is 11.3 Å². The smallest absolute Gasteiger partial charge is 0.258 e. The van der Waals surface area contributed by atoms with Crippen LogP contribution in [-0.4, -0.2) is 52.9 Å². The van der Waals surface area contributed by atoms with Crippen molar-refractivity contribution in [3.8, 4) is 0 Å². The number of thiazole rings is 1. The van der Waals surface area contributed by atoms with Crippen LogP contribution in [-0.2, 0) is 29.1 Å². The highest BCUT2D eigenvalue weighted by atomic mass is 32.1. The summed E-state index contributed by atoms with van der Waals surface area (Å²) >= 11 is 1.66. The summed E-state index contributed by atoms with van der Waals surface area (Å²) in [5.41, 5.74) is 4.51. The topological polar surface area (TPSA) is 78.8 Å². The van der Waals surface area contributed by atoms with E-state index in [1.54, 1.807) is 46.6 Å². The maximum absolute atomic E-state index is 13.2. The molecule has 42 heavy (non-hydrogen) atoms. The van der Waals surface area contributed by atoms with Crippen molar-refractivity contribution in [2.45, 2.75) is 53.6 Å². The van der Waals surface area contributed by atoms with Crippen LogP contribution in [0.5, 0.6) is 0 Å². The number of nitrogens with zero attached hydrogens (tertiary/aromatic N) is 5. The Labute approximate surface area is 251 Å². The molecule has 5 rings (SSSR count). The van der Waals surface area contributed by atoms with Gasteiger partial charge >= 0.3 is 0 Å². The Morgan fingerprint density at radius 2 is 1.76 bits per heavy atom. The molecule has 8 nitrogen and oxygen atoms in total. The molecule has 220 valence electrons. The maximum Gasteiger partial charge on any atom is 0.258 e. The van der Waals surface area contributed by atoms with Crippen LogP contribution in [0.25, 0.3) is 10.8 Å². The van der Waals surface area contributed by atoms with Crippen molar-refractivity contribution in [1.29, 1.82) is 0 Å². The fourth-order valence-electron chi connectivity index (χ4n) is 5.72. The fourth-order valence-corrected chi connectivity index (χ4v) is 6.53. The molecule has 9 heteroatoms. The van der Waals surface area contributed by atoms with Gasteiger partial charge in [0.1, 0.15) is 5.41 Å². The molecule has 0 bridgehead atoms. The maximum atomic E-state index is 13.2. The lowest BCUT2D eigenvalue weighted by Crippen LogP contribution is -2.47. The zero-order chi connectivity index (χ0) is 30.0. The summed E-state index contributed by atoms with van der Waals surface area (Å²) in [7, 11) is 1.76. The third-order valence-electron chi connectivity index (χ3n) is 8.32. The lowest BCUT2D eigenvalue weighted by atomic mass is 9.90. The standard InChI is InChI=1S/C33H39N5O3S/c1-6-38-27-14-13-24(20-28(27)35(5)31(40)33(3,4)32(38)41)10-9-16-36(21-29-23(2)34-22-42-29)18-19-37-17-15-25-11-7-8-12-26(25)30(37)39/h7-8,11-15,17,20,22H,6,9-10,16,18-19,21H2,1-5H3. The van der Waals surface area contributed by atoms with Crippen molar-refractivity contribution in [3.05, 3.63) is 86.7 Å². The zero-order valence-corrected chi connectivity index (χ0v) is 25.9. The molecule has 4 aromatic rings. The van der Waals surface area contributed by atoms with Crippen LogP contribution < -0.4 is 15.4 Å². The molecule has 3 heterocycles. The molecule has 0 N–H and O–H groups in total. The van der Waals surface area contributed by atoms with E-state index >= 15 is 0 Å².